The summed E-state index contributed by atoms with van der Waals surface area (Å²) in [5, 5.41) is 14.2. The molecule has 3 atom stereocenters. The van der Waals surface area contributed by atoms with Gasteiger partial charge in [0.1, 0.15) is 5.75 Å². The summed E-state index contributed by atoms with van der Waals surface area (Å²) < 4.78 is 80.4. The van der Waals surface area contributed by atoms with Crippen molar-refractivity contribution in [2.45, 2.75) is 31.4 Å². The summed E-state index contributed by atoms with van der Waals surface area (Å²) in [7, 11) is 1.72. The van der Waals surface area contributed by atoms with Crippen molar-refractivity contribution in [1.29, 1.82) is 0 Å². The molecular formula is C24H32F6N2O7. The predicted octanol–water partition coefficient (Wildman–Crippen LogP) is 3.13. The number of carboxylic acid groups (broad SMARTS) is 2. The fourth-order valence-corrected chi connectivity index (χ4v) is 4.46. The zero-order valence-electron chi connectivity index (χ0n) is 21.2. The topological polar surface area (TPSA) is 109 Å². The number of hydrogen-bond acceptors (Lipinski definition) is 7. The molecule has 1 aromatic carbocycles. The molecule has 0 unspecified atom stereocenters. The Morgan fingerprint density at radius 2 is 1.49 bits per heavy atom. The summed E-state index contributed by atoms with van der Waals surface area (Å²) in [6, 6.07) is 8.48. The summed E-state index contributed by atoms with van der Waals surface area (Å²) in [5.74, 6) is -3.16. The highest BCUT2D eigenvalue weighted by atomic mass is 19.4. The average Bonchev–Trinajstić information content (AvgIpc) is 3.26. The van der Waals surface area contributed by atoms with E-state index in [1.54, 1.807) is 7.11 Å². The maximum Gasteiger partial charge on any atom is 0.490 e. The number of carboxylic acids is 2. The molecule has 3 heterocycles. The second-order valence-electron chi connectivity index (χ2n) is 9.19. The number of piperidine rings is 1. The summed E-state index contributed by atoms with van der Waals surface area (Å²) in [6.45, 7) is 9.22. The standard InChI is InChI=1S/C20H30N2O3.2C2HF3O2/c1-23-18-4-2-16(3-5-18)12-22-7-6-17-15-25-20(19(17)13-22)14-21-8-10-24-11-9-21;2*3-2(4,5)1(6)7/h2-5,17,19-20H,6-15H2,1H3;2*(H,6,7)/t17-,19-,20+;;/m0../s1. The third kappa shape index (κ3) is 11.2. The van der Waals surface area contributed by atoms with Crippen LogP contribution in [-0.4, -0.2) is 110 Å². The van der Waals surface area contributed by atoms with Gasteiger partial charge in [0.05, 0.1) is 33.0 Å². The second-order valence-corrected chi connectivity index (χ2v) is 9.19. The number of hydrogen-bond donors (Lipinski definition) is 2. The Bertz CT molecular complexity index is 884. The molecule has 0 amide bonds. The first kappa shape index (κ1) is 32.6. The molecule has 3 fully saturated rings. The largest absolute Gasteiger partial charge is 0.497 e. The summed E-state index contributed by atoms with van der Waals surface area (Å²) >= 11 is 0. The van der Waals surface area contributed by atoms with Crippen molar-refractivity contribution >= 4 is 11.9 Å². The Balaban J connectivity index is 0.000000317. The molecule has 0 spiro atoms. The van der Waals surface area contributed by atoms with Crippen molar-refractivity contribution in [2.24, 2.45) is 11.8 Å². The number of carbonyl (C=O) groups is 2. The minimum Gasteiger partial charge on any atom is -0.497 e. The first-order chi connectivity index (χ1) is 18.2. The van der Waals surface area contributed by atoms with Crippen molar-refractivity contribution < 1.29 is 60.4 Å². The van der Waals surface area contributed by atoms with Crippen LogP contribution in [0.4, 0.5) is 26.3 Å². The Labute approximate surface area is 221 Å². The lowest BCUT2D eigenvalue weighted by Crippen LogP contribution is -2.47. The third-order valence-corrected chi connectivity index (χ3v) is 6.48. The maximum atomic E-state index is 10.6. The number of likely N-dealkylation sites (tertiary alicyclic amines) is 1. The van der Waals surface area contributed by atoms with E-state index < -0.39 is 24.3 Å². The minimum absolute atomic E-state index is 0.391. The molecule has 2 N–H and O–H groups in total. The molecule has 0 saturated carbocycles. The van der Waals surface area contributed by atoms with Crippen LogP contribution in [0.2, 0.25) is 0 Å². The molecule has 3 aliphatic heterocycles. The van der Waals surface area contributed by atoms with Crippen LogP contribution >= 0.6 is 0 Å². The molecule has 1 aromatic rings. The maximum absolute atomic E-state index is 10.6. The molecule has 0 aromatic heterocycles. The summed E-state index contributed by atoms with van der Waals surface area (Å²) in [4.78, 5) is 22.9. The predicted molar refractivity (Wildman–Crippen MR) is 124 cm³/mol. The van der Waals surface area contributed by atoms with Gasteiger partial charge >= 0.3 is 24.3 Å². The average molecular weight is 575 g/mol. The number of halogens is 6. The molecule has 39 heavy (non-hydrogen) atoms. The van der Waals surface area contributed by atoms with E-state index >= 15 is 0 Å². The van der Waals surface area contributed by atoms with Gasteiger partial charge in [0.2, 0.25) is 0 Å². The molecule has 0 radical (unpaired) electrons. The van der Waals surface area contributed by atoms with Gasteiger partial charge in [-0.2, -0.15) is 26.3 Å². The van der Waals surface area contributed by atoms with Gasteiger partial charge in [-0.1, -0.05) is 12.1 Å². The fraction of sp³-hybridized carbons (Fsp3) is 0.667. The zero-order chi connectivity index (χ0) is 29.2. The van der Waals surface area contributed by atoms with Crippen LogP contribution in [0.1, 0.15) is 12.0 Å². The molecule has 0 aliphatic carbocycles. The number of morpholine rings is 1. The lowest BCUT2D eigenvalue weighted by molar-refractivity contribution is -0.193. The molecule has 3 aliphatic rings. The van der Waals surface area contributed by atoms with Crippen molar-refractivity contribution in [3.8, 4) is 5.75 Å². The smallest absolute Gasteiger partial charge is 0.490 e. The van der Waals surface area contributed by atoms with Crippen LogP contribution in [0.15, 0.2) is 24.3 Å². The van der Waals surface area contributed by atoms with Gasteiger partial charge in [-0.25, -0.2) is 9.59 Å². The lowest BCUT2D eigenvalue weighted by Gasteiger charge is -2.37. The van der Waals surface area contributed by atoms with Gasteiger partial charge in [0.25, 0.3) is 0 Å². The van der Waals surface area contributed by atoms with E-state index in [4.69, 9.17) is 34.0 Å². The number of fused-ring (bicyclic) bond motifs is 1. The highest BCUT2D eigenvalue weighted by molar-refractivity contribution is 5.73. The van der Waals surface area contributed by atoms with Crippen molar-refractivity contribution in [3.63, 3.8) is 0 Å². The SMILES string of the molecule is COc1ccc(CN2CC[C@H]3CO[C@H](CN4CCOCC4)[C@H]3C2)cc1.O=C(O)C(F)(F)F.O=C(O)C(F)(F)F. The molecule has 15 heteroatoms. The number of aliphatic carboxylic acids is 2. The Morgan fingerprint density at radius 1 is 0.949 bits per heavy atom. The van der Waals surface area contributed by atoms with Crippen LogP contribution in [0.3, 0.4) is 0 Å². The van der Waals surface area contributed by atoms with E-state index in [9.17, 15) is 26.3 Å². The molecule has 0 bridgehead atoms. The normalized spacial score (nSPS) is 23.9. The van der Waals surface area contributed by atoms with E-state index in [1.807, 2.05) is 0 Å². The Morgan fingerprint density at radius 3 is 1.97 bits per heavy atom. The molecule has 4 rings (SSSR count). The van der Waals surface area contributed by atoms with Crippen LogP contribution < -0.4 is 4.74 Å². The first-order valence-electron chi connectivity index (χ1n) is 12.1. The fourth-order valence-electron chi connectivity index (χ4n) is 4.46. The van der Waals surface area contributed by atoms with Crippen LogP contribution in [0, 0.1) is 11.8 Å². The third-order valence-electron chi connectivity index (χ3n) is 6.48. The lowest BCUT2D eigenvalue weighted by atomic mass is 9.84. The van der Waals surface area contributed by atoms with E-state index in [-0.39, 0.29) is 0 Å². The molecular weight excluding hydrogens is 542 g/mol. The van der Waals surface area contributed by atoms with Crippen LogP contribution in [-0.2, 0) is 25.6 Å². The summed E-state index contributed by atoms with van der Waals surface area (Å²) in [5.41, 5.74) is 1.36. The van der Waals surface area contributed by atoms with Gasteiger partial charge < -0.3 is 24.4 Å². The van der Waals surface area contributed by atoms with E-state index in [0.29, 0.717) is 12.0 Å². The first-order valence-corrected chi connectivity index (χ1v) is 12.1. The second kappa shape index (κ2) is 14.7. The highest BCUT2D eigenvalue weighted by Gasteiger charge is 2.41. The highest BCUT2D eigenvalue weighted by Crippen LogP contribution is 2.35. The molecule has 3 saturated heterocycles. The van der Waals surface area contributed by atoms with Crippen molar-refractivity contribution in [3.05, 3.63) is 29.8 Å². The molecule has 222 valence electrons. The van der Waals surface area contributed by atoms with Crippen molar-refractivity contribution in [2.75, 3.05) is 59.7 Å². The monoisotopic (exact) mass is 574 g/mol. The van der Waals surface area contributed by atoms with Crippen molar-refractivity contribution in [1.82, 2.24) is 9.80 Å². The van der Waals surface area contributed by atoms with Crippen LogP contribution in [0.25, 0.3) is 0 Å². The quantitative estimate of drug-likeness (QED) is 0.513. The van der Waals surface area contributed by atoms with Gasteiger partial charge in [-0.3, -0.25) is 9.80 Å². The summed E-state index contributed by atoms with van der Waals surface area (Å²) in [6.07, 6.45) is -8.51. The number of benzene rings is 1. The number of methoxy groups -OCH3 is 1. The van der Waals surface area contributed by atoms with Gasteiger partial charge in [0, 0.05) is 38.6 Å². The number of nitrogens with zero attached hydrogens (tertiary/aromatic N) is 2. The number of alkyl halides is 6. The number of rotatable bonds is 5. The molecule has 9 nitrogen and oxygen atoms in total. The van der Waals surface area contributed by atoms with Gasteiger partial charge in [0.15, 0.2) is 0 Å². The van der Waals surface area contributed by atoms with E-state index in [0.717, 1.165) is 64.2 Å². The number of ether oxygens (including phenoxy) is 3. The minimum atomic E-state index is -5.08. The Hall–Kier alpha value is -2.62. The van der Waals surface area contributed by atoms with Crippen LogP contribution in [0.5, 0.6) is 5.75 Å². The van der Waals surface area contributed by atoms with Gasteiger partial charge in [-0.05, 0) is 36.6 Å². The van der Waals surface area contributed by atoms with E-state index in [2.05, 4.69) is 34.1 Å². The van der Waals surface area contributed by atoms with Gasteiger partial charge in [-0.15, -0.1) is 0 Å². The zero-order valence-corrected chi connectivity index (χ0v) is 21.2. The van der Waals surface area contributed by atoms with E-state index in [1.165, 1.54) is 18.5 Å². The Kier molecular flexibility index (Phi) is 12.3.